The summed E-state index contributed by atoms with van der Waals surface area (Å²) in [4.78, 5) is 17.7. The monoisotopic (exact) mass is 486 g/mol. The van der Waals surface area contributed by atoms with Crippen LogP contribution in [0.3, 0.4) is 0 Å². The second kappa shape index (κ2) is 10.5. The summed E-state index contributed by atoms with van der Waals surface area (Å²) in [5.41, 5.74) is 4.70. The lowest BCUT2D eigenvalue weighted by molar-refractivity contribution is -0.134. The third-order valence-electron chi connectivity index (χ3n) is 6.96. The van der Waals surface area contributed by atoms with Crippen molar-refractivity contribution in [3.8, 4) is 5.75 Å². The summed E-state index contributed by atoms with van der Waals surface area (Å²) in [7, 11) is 1.65. The van der Waals surface area contributed by atoms with Gasteiger partial charge in [-0.15, -0.1) is 0 Å². The molecule has 2 heterocycles. The van der Waals surface area contributed by atoms with Crippen molar-refractivity contribution in [1.29, 1.82) is 0 Å². The van der Waals surface area contributed by atoms with E-state index in [0.717, 1.165) is 22.6 Å². The van der Waals surface area contributed by atoms with Gasteiger partial charge in [-0.2, -0.15) is 5.10 Å². The predicted molar refractivity (Wildman–Crippen MR) is 140 cm³/mol. The molecule has 0 N–H and O–H groups in total. The lowest BCUT2D eigenvalue weighted by atomic mass is 9.97. The number of nitrogens with zero attached hydrogens (tertiary/aromatic N) is 4. The fraction of sp³-hybridized carbons (Fsp3) is 0.310. The van der Waals surface area contributed by atoms with E-state index in [2.05, 4.69) is 36.1 Å². The minimum absolute atomic E-state index is 0.0298. The first kappa shape index (κ1) is 24.0. The molecule has 1 fully saturated rings. The van der Waals surface area contributed by atoms with Gasteiger partial charge in [0, 0.05) is 38.2 Å². The Labute approximate surface area is 211 Å². The van der Waals surface area contributed by atoms with E-state index in [0.29, 0.717) is 38.3 Å². The highest BCUT2D eigenvalue weighted by Gasteiger charge is 2.34. The van der Waals surface area contributed by atoms with Crippen LogP contribution in [0.5, 0.6) is 5.75 Å². The molecule has 0 unspecified atom stereocenters. The van der Waals surface area contributed by atoms with E-state index >= 15 is 0 Å². The molecule has 5 rings (SSSR count). The molecule has 7 heteroatoms. The van der Waals surface area contributed by atoms with Gasteiger partial charge in [0.2, 0.25) is 0 Å². The van der Waals surface area contributed by atoms with Crippen LogP contribution in [0.2, 0.25) is 0 Å². The first-order chi connectivity index (χ1) is 17.5. The van der Waals surface area contributed by atoms with Crippen LogP contribution in [0.15, 0.2) is 77.9 Å². The maximum atomic E-state index is 14.2. The topological polar surface area (TPSA) is 48.4 Å². The summed E-state index contributed by atoms with van der Waals surface area (Å²) in [5, 5.41) is 6.47. The minimum atomic E-state index is -0.209. The number of halogens is 1. The lowest BCUT2D eigenvalue weighted by Crippen LogP contribution is -2.49. The van der Waals surface area contributed by atoms with Crippen molar-refractivity contribution in [2.45, 2.75) is 19.4 Å². The van der Waals surface area contributed by atoms with Crippen molar-refractivity contribution >= 4 is 17.3 Å². The fourth-order valence-corrected chi connectivity index (χ4v) is 4.88. The number of ether oxygens (including phenoxy) is 1. The molecule has 1 atom stereocenters. The van der Waals surface area contributed by atoms with Crippen LogP contribution in [0.1, 0.15) is 29.2 Å². The Kier molecular flexibility index (Phi) is 7.00. The molecule has 0 aromatic heterocycles. The van der Waals surface area contributed by atoms with Crippen LogP contribution in [0, 0.1) is 12.7 Å². The molecule has 2 aliphatic rings. The van der Waals surface area contributed by atoms with E-state index in [4.69, 9.17) is 9.84 Å². The van der Waals surface area contributed by atoms with Crippen molar-refractivity contribution in [3.05, 3.63) is 95.3 Å². The maximum Gasteiger partial charge on any atom is 0.257 e. The number of rotatable bonds is 6. The Balaban J connectivity index is 1.32. The van der Waals surface area contributed by atoms with Crippen molar-refractivity contribution in [1.82, 2.24) is 9.91 Å². The fourth-order valence-electron chi connectivity index (χ4n) is 4.88. The number of hydrogen-bond donors (Lipinski definition) is 0. The molecule has 36 heavy (non-hydrogen) atoms. The molecular weight excluding hydrogens is 455 g/mol. The van der Waals surface area contributed by atoms with Crippen LogP contribution >= 0.6 is 0 Å². The zero-order chi connectivity index (χ0) is 25.1. The highest BCUT2D eigenvalue weighted by Crippen LogP contribution is 2.34. The summed E-state index contributed by atoms with van der Waals surface area (Å²) in [5.74, 6) is 0.525. The van der Waals surface area contributed by atoms with Crippen molar-refractivity contribution < 1.29 is 13.9 Å². The minimum Gasteiger partial charge on any atom is -0.497 e. The normalized spacial score (nSPS) is 18.3. The van der Waals surface area contributed by atoms with Gasteiger partial charge in [-0.05, 0) is 36.8 Å². The van der Waals surface area contributed by atoms with Gasteiger partial charge in [0.25, 0.3) is 5.91 Å². The Bertz CT molecular complexity index is 1250. The number of anilines is 1. The number of para-hydroxylation sites is 1. The summed E-state index contributed by atoms with van der Waals surface area (Å²) in [6.07, 6.45) is 0.642. The van der Waals surface area contributed by atoms with Gasteiger partial charge >= 0.3 is 0 Å². The zero-order valence-corrected chi connectivity index (χ0v) is 20.7. The van der Waals surface area contributed by atoms with Crippen LogP contribution in [-0.4, -0.2) is 61.4 Å². The number of amides is 1. The molecule has 1 saturated heterocycles. The Morgan fingerprint density at radius 3 is 2.47 bits per heavy atom. The number of carbonyl (C=O) groups is 1. The first-order valence-corrected chi connectivity index (χ1v) is 12.3. The molecule has 0 saturated carbocycles. The summed E-state index contributed by atoms with van der Waals surface area (Å²) in [6.45, 7) is 5.07. The van der Waals surface area contributed by atoms with Crippen molar-refractivity contribution in [3.63, 3.8) is 0 Å². The van der Waals surface area contributed by atoms with Gasteiger partial charge in [-0.1, -0.05) is 54.1 Å². The Morgan fingerprint density at radius 2 is 1.75 bits per heavy atom. The average molecular weight is 487 g/mol. The van der Waals surface area contributed by atoms with Gasteiger partial charge in [-0.3, -0.25) is 9.69 Å². The van der Waals surface area contributed by atoms with Gasteiger partial charge < -0.3 is 9.64 Å². The van der Waals surface area contributed by atoms with Gasteiger partial charge in [0.15, 0.2) is 0 Å². The first-order valence-electron chi connectivity index (χ1n) is 12.3. The molecule has 0 radical (unpaired) electrons. The van der Waals surface area contributed by atoms with E-state index < -0.39 is 0 Å². The van der Waals surface area contributed by atoms with Gasteiger partial charge in [-0.25, -0.2) is 9.40 Å². The molecular formula is C29H31FN4O2. The van der Waals surface area contributed by atoms with E-state index in [1.807, 2.05) is 35.2 Å². The van der Waals surface area contributed by atoms with E-state index in [9.17, 15) is 9.18 Å². The maximum absolute atomic E-state index is 14.2. The zero-order valence-electron chi connectivity index (χ0n) is 20.7. The third kappa shape index (κ3) is 5.11. The summed E-state index contributed by atoms with van der Waals surface area (Å²) >= 11 is 0. The number of aryl methyl sites for hydroxylation is 1. The largest absolute Gasteiger partial charge is 0.497 e. The molecule has 0 aliphatic carbocycles. The molecule has 186 valence electrons. The molecule has 0 spiro atoms. The molecule has 0 bridgehead atoms. The van der Waals surface area contributed by atoms with Crippen LogP contribution in [-0.2, 0) is 4.79 Å². The number of hydrazone groups is 1. The molecule has 6 nitrogen and oxygen atoms in total. The standard InChI is InChI=1S/C29H31FN4O2/c1-21-10-12-22(13-11-21)28-19-26(23-6-5-7-24(18-23)36-2)31-34(28)29(35)20-32-14-16-33(17-15-32)27-9-4-3-8-25(27)30/h3-13,18,28H,14-17,19-20H2,1-2H3/t28-/m1/s1. The molecule has 3 aromatic carbocycles. The smallest absolute Gasteiger partial charge is 0.257 e. The molecule has 1 amide bonds. The second-order valence-corrected chi connectivity index (χ2v) is 9.36. The van der Waals surface area contributed by atoms with Crippen LogP contribution < -0.4 is 9.64 Å². The van der Waals surface area contributed by atoms with Crippen LogP contribution in [0.4, 0.5) is 10.1 Å². The Hall–Kier alpha value is -3.71. The lowest BCUT2D eigenvalue weighted by Gasteiger charge is -2.36. The number of benzene rings is 3. The number of hydrogen-bond acceptors (Lipinski definition) is 5. The van der Waals surface area contributed by atoms with Gasteiger partial charge in [0.1, 0.15) is 11.6 Å². The van der Waals surface area contributed by atoms with Crippen molar-refractivity contribution in [2.75, 3.05) is 44.7 Å². The Morgan fingerprint density at radius 1 is 1.00 bits per heavy atom. The van der Waals surface area contributed by atoms with E-state index in [1.165, 1.54) is 11.6 Å². The highest BCUT2D eigenvalue weighted by atomic mass is 19.1. The average Bonchev–Trinajstić information content (AvgIpc) is 3.36. The third-order valence-corrected chi connectivity index (χ3v) is 6.96. The molecule has 2 aliphatic heterocycles. The highest BCUT2D eigenvalue weighted by molar-refractivity contribution is 6.03. The van der Waals surface area contributed by atoms with Crippen LogP contribution in [0.25, 0.3) is 0 Å². The van der Waals surface area contributed by atoms with Crippen molar-refractivity contribution in [2.24, 2.45) is 5.10 Å². The van der Waals surface area contributed by atoms with E-state index in [-0.39, 0.29) is 24.3 Å². The predicted octanol–water partition coefficient (Wildman–Crippen LogP) is 4.64. The van der Waals surface area contributed by atoms with Gasteiger partial charge in [0.05, 0.1) is 31.1 Å². The number of carbonyl (C=O) groups excluding carboxylic acids is 1. The quantitative estimate of drug-likeness (QED) is 0.509. The second-order valence-electron chi connectivity index (χ2n) is 9.36. The number of methoxy groups -OCH3 is 1. The number of piperazine rings is 1. The van der Waals surface area contributed by atoms with E-state index in [1.54, 1.807) is 24.3 Å². The molecule has 3 aromatic rings. The summed E-state index contributed by atoms with van der Waals surface area (Å²) < 4.78 is 19.6. The summed E-state index contributed by atoms with van der Waals surface area (Å²) in [6, 6.07) is 22.8. The SMILES string of the molecule is COc1cccc(C2=NN(C(=O)CN3CCN(c4ccccc4F)CC3)[C@@H](c3ccc(C)cc3)C2)c1.